The summed E-state index contributed by atoms with van der Waals surface area (Å²) in [4.78, 5) is 12.7. The monoisotopic (exact) mass is 273 g/mol. The second kappa shape index (κ2) is 5.11. The second-order valence-electron chi connectivity index (χ2n) is 4.55. The van der Waals surface area contributed by atoms with Gasteiger partial charge in [0.15, 0.2) is 0 Å². The van der Waals surface area contributed by atoms with Gasteiger partial charge in [-0.1, -0.05) is 6.07 Å². The second-order valence-corrected chi connectivity index (χ2v) is 4.55. The number of hydrogen-bond acceptors (Lipinski definition) is 2. The molecule has 104 valence electrons. The number of hydrogen-bond donors (Lipinski definition) is 1. The lowest BCUT2D eigenvalue weighted by Crippen LogP contribution is -2.33. The first-order valence-electron chi connectivity index (χ1n) is 6.09. The number of halogens is 3. The number of para-hydroxylation sites is 1. The normalized spacial score (nSPS) is 16.5. The number of carboxylic acids is 1. The van der Waals surface area contributed by atoms with Gasteiger partial charge in [-0.2, -0.15) is 13.2 Å². The molecule has 0 aliphatic carbocycles. The van der Waals surface area contributed by atoms with Crippen molar-refractivity contribution in [2.75, 3.05) is 18.0 Å². The van der Waals surface area contributed by atoms with E-state index in [-0.39, 0.29) is 11.3 Å². The third-order valence-corrected chi connectivity index (χ3v) is 3.24. The Bertz CT molecular complexity index is 479. The largest absolute Gasteiger partial charge is 0.478 e. The molecule has 0 spiro atoms. The molecule has 2 rings (SSSR count). The molecule has 3 nitrogen and oxygen atoms in total. The molecule has 1 fully saturated rings. The summed E-state index contributed by atoms with van der Waals surface area (Å²) in [5, 5.41) is 9.09. The molecule has 1 aromatic carbocycles. The van der Waals surface area contributed by atoms with E-state index >= 15 is 0 Å². The molecule has 0 amide bonds. The fourth-order valence-corrected chi connectivity index (χ4v) is 2.40. The van der Waals surface area contributed by atoms with Crippen LogP contribution in [0.1, 0.15) is 35.2 Å². The third kappa shape index (κ3) is 2.83. The van der Waals surface area contributed by atoms with Gasteiger partial charge in [0, 0.05) is 13.1 Å². The Labute approximate surface area is 108 Å². The van der Waals surface area contributed by atoms with E-state index in [0.717, 1.165) is 31.4 Å². The lowest BCUT2D eigenvalue weighted by Gasteiger charge is -2.32. The quantitative estimate of drug-likeness (QED) is 0.897. The number of aromatic carboxylic acids is 1. The molecular weight excluding hydrogens is 259 g/mol. The maximum Gasteiger partial charge on any atom is 0.418 e. The molecule has 1 heterocycles. The fourth-order valence-electron chi connectivity index (χ4n) is 2.40. The van der Waals surface area contributed by atoms with E-state index in [9.17, 15) is 18.0 Å². The standard InChI is InChI=1S/C13H14F3NO2/c14-13(15,16)10-6-4-5-9(12(18)19)11(10)17-7-2-1-3-8-17/h4-6H,1-3,7-8H2,(H,18,19). The van der Waals surface area contributed by atoms with Gasteiger partial charge in [-0.15, -0.1) is 0 Å². The van der Waals surface area contributed by atoms with Crippen LogP contribution in [0.25, 0.3) is 0 Å². The van der Waals surface area contributed by atoms with Crippen molar-refractivity contribution in [3.05, 3.63) is 29.3 Å². The van der Waals surface area contributed by atoms with Crippen LogP contribution in [0.3, 0.4) is 0 Å². The highest BCUT2D eigenvalue weighted by Crippen LogP contribution is 2.39. The summed E-state index contributed by atoms with van der Waals surface area (Å²) in [6, 6.07) is 3.30. The number of piperidine rings is 1. The van der Waals surface area contributed by atoms with E-state index < -0.39 is 17.7 Å². The van der Waals surface area contributed by atoms with Crippen LogP contribution in [-0.4, -0.2) is 24.2 Å². The maximum absolute atomic E-state index is 13.0. The number of anilines is 1. The summed E-state index contributed by atoms with van der Waals surface area (Å²) in [6.45, 7) is 0.931. The molecule has 0 atom stereocenters. The molecule has 1 saturated heterocycles. The van der Waals surface area contributed by atoms with Crippen molar-refractivity contribution in [3.8, 4) is 0 Å². The molecule has 1 aliphatic heterocycles. The van der Waals surface area contributed by atoms with Crippen molar-refractivity contribution in [2.45, 2.75) is 25.4 Å². The van der Waals surface area contributed by atoms with Crippen LogP contribution in [0.15, 0.2) is 18.2 Å². The number of benzene rings is 1. The van der Waals surface area contributed by atoms with E-state index in [1.165, 1.54) is 11.0 Å². The van der Waals surface area contributed by atoms with E-state index in [1.807, 2.05) is 0 Å². The Hall–Kier alpha value is -1.72. The smallest absolute Gasteiger partial charge is 0.418 e. The van der Waals surface area contributed by atoms with Crippen molar-refractivity contribution in [3.63, 3.8) is 0 Å². The van der Waals surface area contributed by atoms with Gasteiger partial charge >= 0.3 is 12.1 Å². The zero-order valence-corrected chi connectivity index (χ0v) is 10.2. The molecule has 0 unspecified atom stereocenters. The Morgan fingerprint density at radius 3 is 2.32 bits per heavy atom. The van der Waals surface area contributed by atoms with Crippen molar-refractivity contribution in [1.29, 1.82) is 0 Å². The molecular formula is C13H14F3NO2. The summed E-state index contributed by atoms with van der Waals surface area (Å²) in [7, 11) is 0. The zero-order valence-electron chi connectivity index (χ0n) is 10.2. The van der Waals surface area contributed by atoms with Crippen molar-refractivity contribution in [1.82, 2.24) is 0 Å². The zero-order chi connectivity index (χ0) is 14.0. The highest BCUT2D eigenvalue weighted by atomic mass is 19.4. The minimum absolute atomic E-state index is 0.192. The van der Waals surface area contributed by atoms with Gasteiger partial charge in [-0.3, -0.25) is 0 Å². The van der Waals surface area contributed by atoms with E-state index in [1.54, 1.807) is 0 Å². The Morgan fingerprint density at radius 2 is 1.79 bits per heavy atom. The van der Waals surface area contributed by atoms with Gasteiger partial charge in [0.25, 0.3) is 0 Å². The van der Waals surface area contributed by atoms with Crippen molar-refractivity contribution in [2.24, 2.45) is 0 Å². The van der Waals surface area contributed by atoms with E-state index in [2.05, 4.69) is 0 Å². The first kappa shape index (κ1) is 13.7. The highest BCUT2D eigenvalue weighted by molar-refractivity contribution is 5.95. The molecule has 19 heavy (non-hydrogen) atoms. The van der Waals surface area contributed by atoms with Crippen LogP contribution in [0.5, 0.6) is 0 Å². The Kier molecular flexibility index (Phi) is 3.68. The first-order valence-corrected chi connectivity index (χ1v) is 6.09. The van der Waals surface area contributed by atoms with Gasteiger partial charge in [-0.05, 0) is 31.4 Å². The van der Waals surface area contributed by atoms with Crippen LogP contribution in [0, 0.1) is 0 Å². The topological polar surface area (TPSA) is 40.5 Å². The minimum atomic E-state index is -4.54. The average molecular weight is 273 g/mol. The van der Waals surface area contributed by atoms with E-state index in [4.69, 9.17) is 5.11 Å². The lowest BCUT2D eigenvalue weighted by atomic mass is 10.0. The van der Waals surface area contributed by atoms with Crippen LogP contribution < -0.4 is 4.90 Å². The maximum atomic E-state index is 13.0. The van der Waals surface area contributed by atoms with Crippen LogP contribution in [0.2, 0.25) is 0 Å². The number of carbonyl (C=O) groups is 1. The molecule has 0 aromatic heterocycles. The van der Waals surface area contributed by atoms with Crippen LogP contribution >= 0.6 is 0 Å². The predicted octanol–water partition coefficient (Wildman–Crippen LogP) is 3.39. The molecule has 1 N–H and O–H groups in total. The predicted molar refractivity (Wildman–Crippen MR) is 64.5 cm³/mol. The summed E-state index contributed by atoms with van der Waals surface area (Å²) >= 11 is 0. The third-order valence-electron chi connectivity index (χ3n) is 3.24. The fraction of sp³-hybridized carbons (Fsp3) is 0.462. The number of alkyl halides is 3. The van der Waals surface area contributed by atoms with E-state index in [0.29, 0.717) is 13.1 Å². The number of nitrogens with zero attached hydrogens (tertiary/aromatic N) is 1. The number of carboxylic acid groups (broad SMARTS) is 1. The Morgan fingerprint density at radius 1 is 1.16 bits per heavy atom. The SMILES string of the molecule is O=C(O)c1cccc(C(F)(F)F)c1N1CCCCC1. The Balaban J connectivity index is 2.55. The van der Waals surface area contributed by atoms with Crippen molar-refractivity contribution >= 4 is 11.7 Å². The van der Waals surface area contributed by atoms with Gasteiger partial charge < -0.3 is 10.0 Å². The molecule has 0 bridgehead atoms. The molecule has 1 aromatic rings. The summed E-state index contributed by atoms with van der Waals surface area (Å²) in [5.41, 5.74) is -1.34. The van der Waals surface area contributed by atoms with Gasteiger partial charge in [0.1, 0.15) is 0 Å². The highest BCUT2D eigenvalue weighted by Gasteiger charge is 2.37. The summed E-state index contributed by atoms with van der Waals surface area (Å²) < 4.78 is 39.1. The van der Waals surface area contributed by atoms with Crippen molar-refractivity contribution < 1.29 is 23.1 Å². The average Bonchev–Trinajstić information content (AvgIpc) is 2.37. The molecule has 1 aliphatic rings. The summed E-state index contributed by atoms with van der Waals surface area (Å²) in [5.74, 6) is -1.33. The summed E-state index contributed by atoms with van der Waals surface area (Å²) in [6.07, 6.45) is -2.01. The van der Waals surface area contributed by atoms with Crippen LogP contribution in [-0.2, 0) is 6.18 Å². The van der Waals surface area contributed by atoms with Crippen LogP contribution in [0.4, 0.5) is 18.9 Å². The molecule has 0 radical (unpaired) electrons. The lowest BCUT2D eigenvalue weighted by molar-refractivity contribution is -0.137. The van der Waals surface area contributed by atoms with Gasteiger partial charge in [0.05, 0.1) is 16.8 Å². The van der Waals surface area contributed by atoms with Gasteiger partial charge in [0.2, 0.25) is 0 Å². The van der Waals surface area contributed by atoms with Gasteiger partial charge in [-0.25, -0.2) is 4.79 Å². The minimum Gasteiger partial charge on any atom is -0.478 e. The number of rotatable bonds is 2. The molecule has 6 heteroatoms. The molecule has 0 saturated carbocycles. The first-order chi connectivity index (χ1) is 8.91.